The van der Waals surface area contributed by atoms with Crippen molar-refractivity contribution >= 4 is 27.6 Å². The van der Waals surface area contributed by atoms with E-state index in [0.29, 0.717) is 0 Å². The summed E-state index contributed by atoms with van der Waals surface area (Å²) in [5, 5.41) is 5.32. The van der Waals surface area contributed by atoms with Crippen molar-refractivity contribution < 1.29 is 4.79 Å². The highest BCUT2D eigenvalue weighted by molar-refractivity contribution is 9.10. The zero-order valence-electron chi connectivity index (χ0n) is 8.46. The molecular weight excluding hydrogens is 256 g/mol. The van der Waals surface area contributed by atoms with Gasteiger partial charge in [-0.2, -0.15) is 0 Å². The van der Waals surface area contributed by atoms with Gasteiger partial charge in [-0.15, -0.1) is 0 Å². The maximum atomic E-state index is 11.3. The third-order valence-corrected chi connectivity index (χ3v) is 2.14. The Morgan fingerprint density at radius 1 is 1.53 bits per heavy atom. The van der Waals surface area contributed by atoms with Gasteiger partial charge >= 0.3 is 6.03 Å². The van der Waals surface area contributed by atoms with Crippen molar-refractivity contribution in [2.24, 2.45) is 0 Å². The monoisotopic (exact) mass is 268 g/mol. The Hall–Kier alpha value is -1.29. The lowest BCUT2D eigenvalue weighted by Gasteiger charge is -2.04. The summed E-state index contributed by atoms with van der Waals surface area (Å²) in [4.78, 5) is 11.3. The van der Waals surface area contributed by atoms with Gasteiger partial charge in [-0.05, 0) is 24.6 Å². The second kappa shape index (κ2) is 6.24. The van der Waals surface area contributed by atoms with E-state index >= 15 is 0 Å². The minimum Gasteiger partial charge on any atom is -0.315 e. The van der Waals surface area contributed by atoms with Gasteiger partial charge in [-0.3, -0.25) is 0 Å². The number of urea groups is 1. The number of benzene rings is 1. The van der Waals surface area contributed by atoms with E-state index in [2.05, 4.69) is 26.6 Å². The van der Waals surface area contributed by atoms with E-state index < -0.39 is 0 Å². The molecule has 0 atom stereocenters. The Bertz CT molecular complexity index is 363. The molecule has 0 saturated heterocycles. The zero-order valence-corrected chi connectivity index (χ0v) is 10.0. The minimum atomic E-state index is -0.238. The lowest BCUT2D eigenvalue weighted by atomic mass is 10.3. The van der Waals surface area contributed by atoms with Crippen LogP contribution >= 0.6 is 15.9 Å². The average Bonchev–Trinajstić information content (AvgIpc) is 2.18. The van der Waals surface area contributed by atoms with Gasteiger partial charge in [0.15, 0.2) is 0 Å². The van der Waals surface area contributed by atoms with E-state index in [4.69, 9.17) is 0 Å². The van der Waals surface area contributed by atoms with Gasteiger partial charge in [-0.25, -0.2) is 4.79 Å². The van der Waals surface area contributed by atoms with Gasteiger partial charge in [0, 0.05) is 16.4 Å². The molecule has 1 rings (SSSR count). The van der Waals surface area contributed by atoms with Crippen LogP contribution in [-0.2, 0) is 0 Å². The highest BCUT2D eigenvalue weighted by atomic mass is 79.9. The van der Waals surface area contributed by atoms with Gasteiger partial charge in [0.05, 0.1) is 0 Å². The molecule has 0 unspecified atom stereocenters. The molecular formula is C11H13BrN2O. The molecule has 80 valence electrons. The third-order valence-electron chi connectivity index (χ3n) is 1.65. The summed E-state index contributed by atoms with van der Waals surface area (Å²) in [5.74, 6) is 0. The molecule has 0 aliphatic rings. The van der Waals surface area contributed by atoms with Gasteiger partial charge in [0.1, 0.15) is 0 Å². The van der Waals surface area contributed by atoms with Crippen LogP contribution in [-0.4, -0.2) is 6.03 Å². The van der Waals surface area contributed by atoms with Gasteiger partial charge < -0.3 is 10.6 Å². The molecule has 15 heavy (non-hydrogen) atoms. The maximum absolute atomic E-state index is 11.3. The van der Waals surface area contributed by atoms with E-state index in [1.807, 2.05) is 37.3 Å². The van der Waals surface area contributed by atoms with E-state index in [9.17, 15) is 4.79 Å². The number of carbonyl (C=O) groups excluding carboxylic acids is 1. The van der Waals surface area contributed by atoms with Crippen LogP contribution in [0, 0.1) is 0 Å². The second-order valence-electron chi connectivity index (χ2n) is 2.92. The molecule has 0 bridgehead atoms. The molecule has 2 amide bonds. The number of hydrogen-bond donors (Lipinski definition) is 2. The van der Waals surface area contributed by atoms with Gasteiger partial charge in [0.25, 0.3) is 0 Å². The predicted octanol–water partition coefficient (Wildman–Crippen LogP) is 3.49. The number of hydrogen-bond acceptors (Lipinski definition) is 1. The normalized spacial score (nSPS) is 10.3. The molecule has 4 heteroatoms. The standard InChI is InChI=1S/C11H13BrN2O/c1-2-3-7-13-11(15)14-10-6-4-5-9(12)8-10/h3-8H,2H2,1H3,(H2,13,14,15)/b7-3+. The first-order chi connectivity index (χ1) is 7.22. The van der Waals surface area contributed by atoms with Crippen molar-refractivity contribution in [1.82, 2.24) is 5.32 Å². The number of rotatable bonds is 3. The molecule has 0 saturated carbocycles. The molecule has 0 radical (unpaired) electrons. The lowest BCUT2D eigenvalue weighted by Crippen LogP contribution is -2.23. The third kappa shape index (κ3) is 4.65. The molecule has 0 aliphatic carbocycles. The summed E-state index contributed by atoms with van der Waals surface area (Å²) in [6.07, 6.45) is 4.41. The molecule has 2 N–H and O–H groups in total. The quantitative estimate of drug-likeness (QED) is 0.866. The Balaban J connectivity index is 2.48. The van der Waals surface area contributed by atoms with Crippen molar-refractivity contribution in [3.05, 3.63) is 41.0 Å². The number of nitrogens with one attached hydrogen (secondary N) is 2. The molecule has 0 heterocycles. The summed E-state index contributed by atoms with van der Waals surface area (Å²) in [7, 11) is 0. The van der Waals surface area contributed by atoms with Crippen molar-refractivity contribution in [2.75, 3.05) is 5.32 Å². The summed E-state index contributed by atoms with van der Waals surface area (Å²) < 4.78 is 0.935. The van der Waals surface area contributed by atoms with Crippen LogP contribution in [0.2, 0.25) is 0 Å². The number of anilines is 1. The first-order valence-corrected chi connectivity index (χ1v) is 5.49. The first-order valence-electron chi connectivity index (χ1n) is 4.70. The van der Waals surface area contributed by atoms with Crippen LogP contribution in [0.4, 0.5) is 10.5 Å². The second-order valence-corrected chi connectivity index (χ2v) is 3.84. The summed E-state index contributed by atoms with van der Waals surface area (Å²) in [5.41, 5.74) is 0.756. The fourth-order valence-corrected chi connectivity index (χ4v) is 1.39. The first kappa shape index (κ1) is 11.8. The molecule has 0 fully saturated rings. The highest BCUT2D eigenvalue weighted by Crippen LogP contribution is 2.15. The van der Waals surface area contributed by atoms with Crippen molar-refractivity contribution in [3.63, 3.8) is 0 Å². The van der Waals surface area contributed by atoms with Crippen molar-refractivity contribution in [3.8, 4) is 0 Å². The van der Waals surface area contributed by atoms with Gasteiger partial charge in [-0.1, -0.05) is 35.0 Å². The molecule has 0 aromatic heterocycles. The summed E-state index contributed by atoms with van der Waals surface area (Å²) >= 11 is 3.33. The lowest BCUT2D eigenvalue weighted by molar-refractivity contribution is 0.255. The van der Waals surface area contributed by atoms with E-state index in [1.165, 1.54) is 0 Å². The zero-order chi connectivity index (χ0) is 11.1. The fourth-order valence-electron chi connectivity index (χ4n) is 0.986. The Morgan fingerprint density at radius 2 is 2.33 bits per heavy atom. The van der Waals surface area contributed by atoms with Gasteiger partial charge in [0.2, 0.25) is 0 Å². The SMILES string of the molecule is CC/C=C/NC(=O)Nc1cccc(Br)c1. The van der Waals surface area contributed by atoms with Crippen LogP contribution in [0.1, 0.15) is 13.3 Å². The Kier molecular flexibility index (Phi) is 4.90. The van der Waals surface area contributed by atoms with Crippen LogP contribution in [0.15, 0.2) is 41.0 Å². The van der Waals surface area contributed by atoms with Crippen LogP contribution in [0.3, 0.4) is 0 Å². The molecule has 1 aromatic carbocycles. The largest absolute Gasteiger partial charge is 0.323 e. The maximum Gasteiger partial charge on any atom is 0.323 e. The highest BCUT2D eigenvalue weighted by Gasteiger charge is 1.98. The van der Waals surface area contributed by atoms with E-state index in [1.54, 1.807) is 6.20 Å². The van der Waals surface area contributed by atoms with Crippen molar-refractivity contribution in [2.45, 2.75) is 13.3 Å². The van der Waals surface area contributed by atoms with Crippen LogP contribution < -0.4 is 10.6 Å². The smallest absolute Gasteiger partial charge is 0.315 e. The molecule has 0 spiro atoms. The molecule has 1 aromatic rings. The minimum absolute atomic E-state index is 0.238. The number of carbonyl (C=O) groups is 1. The predicted molar refractivity (Wildman–Crippen MR) is 65.7 cm³/mol. The average molecular weight is 269 g/mol. The topological polar surface area (TPSA) is 41.1 Å². The number of amides is 2. The Labute approximate surface area is 97.7 Å². The van der Waals surface area contributed by atoms with Crippen LogP contribution in [0.5, 0.6) is 0 Å². The number of allylic oxidation sites excluding steroid dienone is 1. The number of halogens is 1. The van der Waals surface area contributed by atoms with E-state index in [0.717, 1.165) is 16.6 Å². The molecule has 0 aliphatic heterocycles. The van der Waals surface area contributed by atoms with Crippen LogP contribution in [0.25, 0.3) is 0 Å². The Morgan fingerprint density at radius 3 is 3.00 bits per heavy atom. The van der Waals surface area contributed by atoms with Crippen molar-refractivity contribution in [1.29, 1.82) is 0 Å². The summed E-state index contributed by atoms with van der Waals surface area (Å²) in [6, 6.07) is 7.19. The summed E-state index contributed by atoms with van der Waals surface area (Å²) in [6.45, 7) is 2.00. The van der Waals surface area contributed by atoms with E-state index in [-0.39, 0.29) is 6.03 Å². The fraction of sp³-hybridized carbons (Fsp3) is 0.182. The molecule has 3 nitrogen and oxygen atoms in total.